The van der Waals surface area contributed by atoms with Gasteiger partial charge in [0.1, 0.15) is 5.75 Å². The van der Waals surface area contributed by atoms with Crippen LogP contribution >= 0.6 is 0 Å². The molecule has 1 unspecified atom stereocenters. The van der Waals surface area contributed by atoms with E-state index in [0.717, 1.165) is 18.9 Å². The molecule has 0 aromatic heterocycles. The molecule has 0 bridgehead atoms. The number of nitrogens with one attached hydrogen (secondary N) is 1. The zero-order valence-corrected chi connectivity index (χ0v) is 11.2. The average molecular weight is 237 g/mol. The van der Waals surface area contributed by atoms with Crippen LogP contribution in [0.1, 0.15) is 32.4 Å². The van der Waals surface area contributed by atoms with Crippen LogP contribution in [-0.4, -0.2) is 26.4 Å². The topological polar surface area (TPSA) is 30.5 Å². The van der Waals surface area contributed by atoms with E-state index in [1.165, 1.54) is 5.56 Å². The summed E-state index contributed by atoms with van der Waals surface area (Å²) in [7, 11) is 1.71. The van der Waals surface area contributed by atoms with Crippen LogP contribution in [0.25, 0.3) is 0 Å². The maximum atomic E-state index is 5.61. The first-order valence-electron chi connectivity index (χ1n) is 6.12. The monoisotopic (exact) mass is 237 g/mol. The molecule has 0 aliphatic heterocycles. The van der Waals surface area contributed by atoms with E-state index in [9.17, 15) is 0 Å². The Bertz CT molecular complexity index is 309. The molecule has 1 rings (SSSR count). The lowest BCUT2D eigenvalue weighted by Crippen LogP contribution is -2.22. The molecular formula is C14H23NO2. The molecular weight excluding hydrogens is 214 g/mol. The van der Waals surface area contributed by atoms with Crippen molar-refractivity contribution in [2.45, 2.75) is 32.9 Å². The molecule has 96 valence electrons. The summed E-state index contributed by atoms with van der Waals surface area (Å²) in [6, 6.07) is 8.57. The number of hydrogen-bond acceptors (Lipinski definition) is 3. The van der Waals surface area contributed by atoms with Crippen molar-refractivity contribution in [2.24, 2.45) is 0 Å². The molecule has 1 aromatic rings. The Hall–Kier alpha value is -1.06. The third kappa shape index (κ3) is 5.20. The number of ether oxygens (including phenoxy) is 2. The molecule has 3 heteroatoms. The minimum absolute atomic E-state index is 0.220. The molecule has 0 aliphatic rings. The quantitative estimate of drug-likeness (QED) is 0.740. The van der Waals surface area contributed by atoms with Crippen molar-refractivity contribution in [3.8, 4) is 5.75 Å². The predicted octanol–water partition coefficient (Wildman–Crippen LogP) is 2.77. The Morgan fingerprint density at radius 1 is 1.12 bits per heavy atom. The van der Waals surface area contributed by atoms with Gasteiger partial charge in [-0.1, -0.05) is 12.1 Å². The fourth-order valence-corrected chi connectivity index (χ4v) is 1.60. The van der Waals surface area contributed by atoms with Crippen LogP contribution < -0.4 is 10.1 Å². The minimum Gasteiger partial charge on any atom is -0.491 e. The van der Waals surface area contributed by atoms with Crippen molar-refractivity contribution in [3.05, 3.63) is 29.8 Å². The fourth-order valence-electron chi connectivity index (χ4n) is 1.60. The minimum atomic E-state index is 0.220. The van der Waals surface area contributed by atoms with Gasteiger partial charge in [0, 0.05) is 19.7 Å². The molecule has 0 fully saturated rings. The van der Waals surface area contributed by atoms with Gasteiger partial charge in [0.05, 0.1) is 12.7 Å². The molecule has 17 heavy (non-hydrogen) atoms. The second kappa shape index (κ2) is 7.30. The van der Waals surface area contributed by atoms with Gasteiger partial charge in [0.2, 0.25) is 0 Å². The molecule has 1 atom stereocenters. The predicted molar refractivity (Wildman–Crippen MR) is 70.5 cm³/mol. The zero-order valence-electron chi connectivity index (χ0n) is 11.2. The SMILES string of the molecule is COCCNC(C)c1ccc(OC(C)C)cc1. The van der Waals surface area contributed by atoms with Crippen molar-refractivity contribution < 1.29 is 9.47 Å². The normalized spacial score (nSPS) is 12.8. The standard InChI is InChI=1S/C14H23NO2/c1-11(2)17-14-7-5-13(6-8-14)12(3)15-9-10-16-4/h5-8,11-12,15H,9-10H2,1-4H3. The third-order valence-corrected chi connectivity index (χ3v) is 2.51. The third-order valence-electron chi connectivity index (χ3n) is 2.51. The summed E-state index contributed by atoms with van der Waals surface area (Å²) in [5, 5.41) is 3.39. The molecule has 0 heterocycles. The van der Waals surface area contributed by atoms with Crippen molar-refractivity contribution in [2.75, 3.05) is 20.3 Å². The summed E-state index contributed by atoms with van der Waals surface area (Å²) in [4.78, 5) is 0. The Morgan fingerprint density at radius 2 is 1.76 bits per heavy atom. The number of methoxy groups -OCH3 is 1. The molecule has 0 saturated heterocycles. The van der Waals surface area contributed by atoms with Gasteiger partial charge in [0.15, 0.2) is 0 Å². The van der Waals surface area contributed by atoms with Crippen LogP contribution in [0.4, 0.5) is 0 Å². The van der Waals surface area contributed by atoms with Crippen molar-refractivity contribution in [3.63, 3.8) is 0 Å². The highest BCUT2D eigenvalue weighted by Crippen LogP contribution is 2.18. The Balaban J connectivity index is 2.48. The van der Waals surface area contributed by atoms with Crippen LogP contribution in [0.2, 0.25) is 0 Å². The molecule has 0 saturated carbocycles. The smallest absolute Gasteiger partial charge is 0.119 e. The molecule has 0 aliphatic carbocycles. The lowest BCUT2D eigenvalue weighted by molar-refractivity contribution is 0.196. The molecule has 0 spiro atoms. The molecule has 1 N–H and O–H groups in total. The van der Waals surface area contributed by atoms with Gasteiger partial charge in [-0.15, -0.1) is 0 Å². The van der Waals surface area contributed by atoms with Crippen molar-refractivity contribution in [1.82, 2.24) is 5.32 Å². The van der Waals surface area contributed by atoms with E-state index in [0.29, 0.717) is 6.04 Å². The zero-order chi connectivity index (χ0) is 12.7. The maximum Gasteiger partial charge on any atom is 0.119 e. The Morgan fingerprint density at radius 3 is 2.29 bits per heavy atom. The lowest BCUT2D eigenvalue weighted by Gasteiger charge is -2.15. The van der Waals surface area contributed by atoms with Crippen LogP contribution in [0, 0.1) is 0 Å². The Kier molecular flexibility index (Phi) is 6.01. The summed E-state index contributed by atoms with van der Waals surface area (Å²) in [6.45, 7) is 7.81. The molecule has 0 amide bonds. The van der Waals surface area contributed by atoms with E-state index >= 15 is 0 Å². The summed E-state index contributed by atoms with van der Waals surface area (Å²) < 4.78 is 10.6. The highest BCUT2D eigenvalue weighted by atomic mass is 16.5. The molecule has 0 radical (unpaired) electrons. The highest BCUT2D eigenvalue weighted by molar-refractivity contribution is 5.29. The fraction of sp³-hybridized carbons (Fsp3) is 0.571. The Labute approximate surface area is 104 Å². The van der Waals surface area contributed by atoms with Gasteiger partial charge >= 0.3 is 0 Å². The lowest BCUT2D eigenvalue weighted by atomic mass is 10.1. The van der Waals surface area contributed by atoms with Gasteiger partial charge in [-0.3, -0.25) is 0 Å². The van der Waals surface area contributed by atoms with Gasteiger partial charge in [-0.25, -0.2) is 0 Å². The molecule has 1 aromatic carbocycles. The second-order valence-electron chi connectivity index (χ2n) is 4.40. The van der Waals surface area contributed by atoms with Crippen LogP contribution in [0.5, 0.6) is 5.75 Å². The van der Waals surface area contributed by atoms with Gasteiger partial charge in [-0.2, -0.15) is 0 Å². The first-order chi connectivity index (χ1) is 8.13. The summed E-state index contributed by atoms with van der Waals surface area (Å²) in [5.41, 5.74) is 1.26. The van der Waals surface area contributed by atoms with E-state index in [1.807, 2.05) is 26.0 Å². The number of benzene rings is 1. The first kappa shape index (κ1) is 14.0. The van der Waals surface area contributed by atoms with E-state index in [1.54, 1.807) is 7.11 Å². The van der Waals surface area contributed by atoms with E-state index in [4.69, 9.17) is 9.47 Å². The second-order valence-corrected chi connectivity index (χ2v) is 4.40. The van der Waals surface area contributed by atoms with E-state index in [2.05, 4.69) is 24.4 Å². The van der Waals surface area contributed by atoms with Crippen LogP contribution in [0.15, 0.2) is 24.3 Å². The van der Waals surface area contributed by atoms with Gasteiger partial charge in [-0.05, 0) is 38.5 Å². The molecule has 3 nitrogen and oxygen atoms in total. The van der Waals surface area contributed by atoms with E-state index in [-0.39, 0.29) is 6.10 Å². The van der Waals surface area contributed by atoms with Crippen LogP contribution in [-0.2, 0) is 4.74 Å². The summed E-state index contributed by atoms with van der Waals surface area (Å²) in [5.74, 6) is 0.924. The van der Waals surface area contributed by atoms with Crippen LogP contribution in [0.3, 0.4) is 0 Å². The van der Waals surface area contributed by atoms with Gasteiger partial charge < -0.3 is 14.8 Å². The summed E-state index contributed by atoms with van der Waals surface area (Å²) >= 11 is 0. The van der Waals surface area contributed by atoms with Gasteiger partial charge in [0.25, 0.3) is 0 Å². The highest BCUT2D eigenvalue weighted by Gasteiger charge is 2.04. The number of hydrogen-bond donors (Lipinski definition) is 1. The van der Waals surface area contributed by atoms with Crippen molar-refractivity contribution >= 4 is 0 Å². The summed E-state index contributed by atoms with van der Waals surface area (Å²) in [6.07, 6.45) is 0.220. The average Bonchev–Trinajstić information content (AvgIpc) is 2.29. The number of rotatable bonds is 7. The first-order valence-corrected chi connectivity index (χ1v) is 6.12. The maximum absolute atomic E-state index is 5.61. The van der Waals surface area contributed by atoms with E-state index < -0.39 is 0 Å². The largest absolute Gasteiger partial charge is 0.491 e. The van der Waals surface area contributed by atoms with Crippen molar-refractivity contribution in [1.29, 1.82) is 0 Å².